The van der Waals surface area contributed by atoms with Crippen molar-refractivity contribution < 1.29 is 13.5 Å². The van der Waals surface area contributed by atoms with Gasteiger partial charge in [0.2, 0.25) is 0 Å². The fourth-order valence-corrected chi connectivity index (χ4v) is 3.09. The summed E-state index contributed by atoms with van der Waals surface area (Å²) in [6.07, 6.45) is 0. The molecule has 0 fully saturated rings. The van der Waals surface area contributed by atoms with Gasteiger partial charge in [0.1, 0.15) is 10.6 Å². The number of nitrogens with zero attached hydrogens (tertiary/aromatic N) is 1. The van der Waals surface area contributed by atoms with Crippen molar-refractivity contribution in [2.45, 2.75) is 4.90 Å². The van der Waals surface area contributed by atoms with Crippen molar-refractivity contribution in [3.63, 3.8) is 0 Å². The minimum atomic E-state index is -3.62. The topological polar surface area (TPSA) is 78.8 Å². The zero-order valence-electron chi connectivity index (χ0n) is 9.74. The second-order valence-corrected chi connectivity index (χ2v) is 5.66. The van der Waals surface area contributed by atoms with E-state index in [1.54, 1.807) is 30.3 Å². The third kappa shape index (κ3) is 2.06. The zero-order chi connectivity index (χ0) is 13.5. The number of anilines is 1. The van der Waals surface area contributed by atoms with Gasteiger partial charge in [-0.1, -0.05) is 18.2 Å². The van der Waals surface area contributed by atoms with Crippen LogP contribution in [0.5, 0.6) is 5.75 Å². The molecule has 0 saturated heterocycles. The summed E-state index contributed by atoms with van der Waals surface area (Å²) in [5, 5.41) is 12.3. The largest absolute Gasteiger partial charge is 0.508 e. The molecule has 0 unspecified atom stereocenters. The van der Waals surface area contributed by atoms with Crippen molar-refractivity contribution in [2.75, 3.05) is 5.32 Å². The van der Waals surface area contributed by atoms with Gasteiger partial charge in [-0.05, 0) is 24.3 Å². The second-order valence-electron chi connectivity index (χ2n) is 4.09. The molecule has 0 amide bonds. The molecular weight excluding hydrogens is 264 g/mol. The van der Waals surface area contributed by atoms with Crippen LogP contribution < -0.4 is 5.32 Å². The highest BCUT2D eigenvalue weighted by atomic mass is 32.2. The second kappa shape index (κ2) is 4.10. The van der Waals surface area contributed by atoms with E-state index in [4.69, 9.17) is 0 Å². The van der Waals surface area contributed by atoms with Gasteiger partial charge in [0, 0.05) is 17.3 Å². The number of rotatable bonds is 1. The molecular formula is C13H10N2O3S. The van der Waals surface area contributed by atoms with Gasteiger partial charge in [0.15, 0.2) is 5.84 Å². The zero-order valence-corrected chi connectivity index (χ0v) is 10.6. The summed E-state index contributed by atoms with van der Waals surface area (Å²) in [4.78, 5) is 0.192. The van der Waals surface area contributed by atoms with Gasteiger partial charge in [-0.3, -0.25) is 0 Å². The average Bonchev–Trinajstić information content (AvgIpc) is 2.62. The van der Waals surface area contributed by atoms with E-state index in [1.807, 2.05) is 0 Å². The Bertz CT molecular complexity index is 782. The summed E-state index contributed by atoms with van der Waals surface area (Å²) >= 11 is 0. The van der Waals surface area contributed by atoms with Gasteiger partial charge < -0.3 is 10.4 Å². The van der Waals surface area contributed by atoms with E-state index in [2.05, 4.69) is 9.71 Å². The Hall–Kier alpha value is -2.34. The summed E-state index contributed by atoms with van der Waals surface area (Å²) in [5.41, 5.74) is 1.11. The van der Waals surface area contributed by atoms with Crippen LogP contribution in [0.3, 0.4) is 0 Å². The number of benzene rings is 2. The molecule has 2 aromatic carbocycles. The van der Waals surface area contributed by atoms with Crippen LogP contribution in [-0.2, 0) is 10.0 Å². The predicted molar refractivity (Wildman–Crippen MR) is 71.9 cm³/mol. The molecule has 6 heteroatoms. The molecule has 2 N–H and O–H groups in total. The van der Waals surface area contributed by atoms with Crippen molar-refractivity contribution in [1.82, 2.24) is 0 Å². The number of fused-ring (bicyclic) bond motifs is 1. The highest BCUT2D eigenvalue weighted by molar-refractivity contribution is 7.90. The Labute approximate surface area is 110 Å². The SMILES string of the molecule is O=S1(=O)N=C(Nc2cccc(O)c2)c2ccccc21. The first-order valence-corrected chi connectivity index (χ1v) is 7.01. The molecule has 5 nitrogen and oxygen atoms in total. The molecule has 96 valence electrons. The molecule has 2 aromatic rings. The highest BCUT2D eigenvalue weighted by Gasteiger charge is 2.28. The van der Waals surface area contributed by atoms with Crippen LogP contribution in [0.15, 0.2) is 57.8 Å². The average molecular weight is 274 g/mol. The van der Waals surface area contributed by atoms with E-state index < -0.39 is 10.0 Å². The van der Waals surface area contributed by atoms with E-state index in [9.17, 15) is 13.5 Å². The highest BCUT2D eigenvalue weighted by Crippen LogP contribution is 2.27. The Kier molecular flexibility index (Phi) is 2.53. The number of phenols is 1. The Morgan fingerprint density at radius 2 is 1.84 bits per heavy atom. The first-order chi connectivity index (χ1) is 9.06. The van der Waals surface area contributed by atoms with Crippen LogP contribution >= 0.6 is 0 Å². The minimum Gasteiger partial charge on any atom is -0.508 e. The lowest BCUT2D eigenvalue weighted by Crippen LogP contribution is -2.11. The van der Waals surface area contributed by atoms with E-state index in [1.165, 1.54) is 18.2 Å². The number of nitrogens with one attached hydrogen (secondary N) is 1. The molecule has 19 heavy (non-hydrogen) atoms. The predicted octanol–water partition coefficient (Wildman–Crippen LogP) is 1.95. The lowest BCUT2D eigenvalue weighted by molar-refractivity contribution is 0.475. The fraction of sp³-hybridized carbons (Fsp3) is 0. The van der Waals surface area contributed by atoms with Crippen LogP contribution in [0.25, 0.3) is 0 Å². The molecule has 1 aliphatic heterocycles. The number of sulfonamides is 1. The summed E-state index contributed by atoms with van der Waals surface area (Å²) < 4.78 is 27.4. The van der Waals surface area contributed by atoms with Crippen LogP contribution in [0.2, 0.25) is 0 Å². The summed E-state index contributed by atoms with van der Waals surface area (Å²) in [5.74, 6) is 0.362. The van der Waals surface area contributed by atoms with Gasteiger partial charge in [-0.15, -0.1) is 4.40 Å². The van der Waals surface area contributed by atoms with Gasteiger partial charge in [0.05, 0.1) is 0 Å². The fourth-order valence-electron chi connectivity index (χ4n) is 1.92. The first kappa shape index (κ1) is 11.7. The molecule has 0 aliphatic carbocycles. The Balaban J connectivity index is 2.04. The van der Waals surface area contributed by atoms with Crippen molar-refractivity contribution in [3.8, 4) is 5.75 Å². The summed E-state index contributed by atoms with van der Waals surface area (Å²) in [6.45, 7) is 0. The lowest BCUT2D eigenvalue weighted by Gasteiger charge is -2.06. The maximum atomic E-state index is 11.8. The van der Waals surface area contributed by atoms with E-state index >= 15 is 0 Å². The van der Waals surface area contributed by atoms with Gasteiger partial charge in [0.25, 0.3) is 10.0 Å². The quantitative estimate of drug-likeness (QED) is 0.833. The standard InChI is InChI=1S/C13H10N2O3S/c16-10-5-3-4-9(8-10)14-13-11-6-1-2-7-12(11)19(17,18)15-13/h1-8,16H,(H,14,15). The number of hydrogen-bond donors (Lipinski definition) is 2. The van der Waals surface area contributed by atoms with Gasteiger partial charge >= 0.3 is 0 Å². The first-order valence-electron chi connectivity index (χ1n) is 5.57. The molecule has 0 spiro atoms. The normalized spacial score (nSPS) is 15.7. The number of hydrogen-bond acceptors (Lipinski definition) is 4. The molecule has 3 rings (SSSR count). The van der Waals surface area contributed by atoms with Gasteiger partial charge in [-0.25, -0.2) is 0 Å². The number of phenolic OH excluding ortho intramolecular Hbond substituents is 1. The number of amidine groups is 1. The molecule has 0 bridgehead atoms. The smallest absolute Gasteiger partial charge is 0.285 e. The monoisotopic (exact) mass is 274 g/mol. The molecule has 1 aliphatic rings. The van der Waals surface area contributed by atoms with Gasteiger partial charge in [-0.2, -0.15) is 8.42 Å². The van der Waals surface area contributed by atoms with Crippen LogP contribution in [0.1, 0.15) is 5.56 Å². The maximum Gasteiger partial charge on any atom is 0.285 e. The van der Waals surface area contributed by atoms with E-state index in [0.29, 0.717) is 11.3 Å². The third-order valence-electron chi connectivity index (χ3n) is 2.74. The Morgan fingerprint density at radius 3 is 2.63 bits per heavy atom. The van der Waals surface area contributed by atoms with Crippen molar-refractivity contribution in [1.29, 1.82) is 0 Å². The van der Waals surface area contributed by atoms with Crippen LogP contribution in [0, 0.1) is 0 Å². The maximum absolute atomic E-state index is 11.8. The van der Waals surface area contributed by atoms with Crippen molar-refractivity contribution in [2.24, 2.45) is 4.40 Å². The van der Waals surface area contributed by atoms with Crippen LogP contribution in [0.4, 0.5) is 5.69 Å². The number of aromatic hydroxyl groups is 1. The summed E-state index contributed by atoms with van der Waals surface area (Å²) in [6, 6.07) is 13.0. The van der Waals surface area contributed by atoms with E-state index in [0.717, 1.165) is 0 Å². The molecule has 1 heterocycles. The molecule has 0 aromatic heterocycles. The molecule has 0 atom stereocenters. The minimum absolute atomic E-state index is 0.0970. The van der Waals surface area contributed by atoms with Crippen LogP contribution in [-0.4, -0.2) is 19.4 Å². The Morgan fingerprint density at radius 1 is 1.05 bits per heavy atom. The third-order valence-corrected chi connectivity index (χ3v) is 4.08. The van der Waals surface area contributed by atoms with Crippen molar-refractivity contribution in [3.05, 3.63) is 54.1 Å². The molecule has 0 radical (unpaired) electrons. The molecule has 0 saturated carbocycles. The summed E-state index contributed by atoms with van der Waals surface area (Å²) in [7, 11) is -3.62. The van der Waals surface area contributed by atoms with Crippen molar-refractivity contribution >= 4 is 21.5 Å². The van der Waals surface area contributed by atoms with E-state index in [-0.39, 0.29) is 16.5 Å². The lowest BCUT2D eigenvalue weighted by atomic mass is 10.2.